The van der Waals surface area contributed by atoms with Crippen molar-refractivity contribution in [2.45, 2.75) is 19.3 Å². The number of nitrogens with zero attached hydrogens (tertiary/aromatic N) is 4. The van der Waals surface area contributed by atoms with Gasteiger partial charge in [0.05, 0.1) is 16.7 Å². The molecule has 7 nitrogen and oxygen atoms in total. The molecule has 0 radical (unpaired) electrons. The number of fused-ring (bicyclic) bond motifs is 1. The van der Waals surface area contributed by atoms with Gasteiger partial charge in [-0.2, -0.15) is 5.10 Å². The average molecular weight is 444 g/mol. The van der Waals surface area contributed by atoms with Gasteiger partial charge in [0, 0.05) is 51.8 Å². The third kappa shape index (κ3) is 4.68. The van der Waals surface area contributed by atoms with Crippen molar-refractivity contribution in [3.8, 4) is 11.3 Å². The molecule has 3 aromatic heterocycles. The van der Waals surface area contributed by atoms with Crippen LogP contribution in [0.2, 0.25) is 0 Å². The van der Waals surface area contributed by atoms with Gasteiger partial charge < -0.3 is 14.6 Å². The monoisotopic (exact) mass is 443 g/mol. The second kappa shape index (κ2) is 9.19. The number of carbonyl (C=O) groups is 1. The molecule has 0 aliphatic carbocycles. The van der Waals surface area contributed by atoms with Crippen LogP contribution in [-0.2, 0) is 25.3 Å². The van der Waals surface area contributed by atoms with Gasteiger partial charge in [-0.05, 0) is 54.5 Å². The number of pyridine rings is 1. The van der Waals surface area contributed by atoms with Crippen LogP contribution in [-0.4, -0.2) is 45.0 Å². The molecule has 0 unspecified atom stereocenters. The molecule has 33 heavy (non-hydrogen) atoms. The summed E-state index contributed by atoms with van der Waals surface area (Å²) in [6.45, 7) is 2.22. The summed E-state index contributed by atoms with van der Waals surface area (Å²) in [7, 11) is 3.94. The molecule has 1 amide bonds. The van der Waals surface area contributed by atoms with E-state index in [-0.39, 0.29) is 5.91 Å². The SMILES string of the molecule is Cn1ccc(-c2ccc(Cc3cc(C(=O)NCC4CCOCC4)nc4ccn(C)c34)cc2)n1. The maximum Gasteiger partial charge on any atom is 0.269 e. The maximum atomic E-state index is 12.9. The smallest absolute Gasteiger partial charge is 0.269 e. The van der Waals surface area contributed by atoms with Gasteiger partial charge in [-0.1, -0.05) is 24.3 Å². The van der Waals surface area contributed by atoms with Crippen LogP contribution in [0.25, 0.3) is 22.3 Å². The molecular weight excluding hydrogens is 414 g/mol. The number of aromatic nitrogens is 4. The van der Waals surface area contributed by atoms with Crippen molar-refractivity contribution in [2.24, 2.45) is 20.0 Å². The molecule has 1 aliphatic heterocycles. The highest BCUT2D eigenvalue weighted by Gasteiger charge is 2.18. The number of ether oxygens (including phenoxy) is 1. The molecule has 0 spiro atoms. The zero-order valence-electron chi connectivity index (χ0n) is 19.1. The third-order valence-electron chi connectivity index (χ3n) is 6.39. The Labute approximate surface area is 193 Å². The lowest BCUT2D eigenvalue weighted by molar-refractivity contribution is 0.0642. The zero-order chi connectivity index (χ0) is 22.8. The molecule has 1 aromatic carbocycles. The van der Waals surface area contributed by atoms with Crippen LogP contribution < -0.4 is 5.32 Å². The van der Waals surface area contributed by atoms with Gasteiger partial charge in [0.25, 0.3) is 5.91 Å². The molecule has 1 saturated heterocycles. The number of hydrogen-bond acceptors (Lipinski definition) is 4. The number of rotatable bonds is 6. The van der Waals surface area contributed by atoms with Crippen molar-refractivity contribution in [2.75, 3.05) is 19.8 Å². The van der Waals surface area contributed by atoms with Crippen molar-refractivity contribution >= 4 is 16.9 Å². The number of benzene rings is 1. The standard InChI is InChI=1S/C26H29N5O2/c1-30-11-7-23-25(30)21(15-18-3-5-20(6-4-18)22-8-12-31(2)29-22)16-24(28-23)26(32)27-17-19-9-13-33-14-10-19/h3-8,11-12,16,19H,9-10,13-15,17H2,1-2H3,(H,27,32). The summed E-state index contributed by atoms with van der Waals surface area (Å²) < 4.78 is 9.30. The summed E-state index contributed by atoms with van der Waals surface area (Å²) in [5, 5.41) is 7.56. The fraction of sp³-hybridized carbons (Fsp3) is 0.346. The normalized spacial score (nSPS) is 14.6. The van der Waals surface area contributed by atoms with Crippen LogP contribution in [0.1, 0.15) is 34.5 Å². The lowest BCUT2D eigenvalue weighted by Gasteiger charge is -2.22. The lowest BCUT2D eigenvalue weighted by atomic mass is 10.00. The Hall–Kier alpha value is -3.45. The molecule has 7 heteroatoms. The van der Waals surface area contributed by atoms with Crippen LogP contribution in [0, 0.1) is 5.92 Å². The fourth-order valence-electron chi connectivity index (χ4n) is 4.50. The molecule has 5 rings (SSSR count). The van der Waals surface area contributed by atoms with E-state index in [0.717, 1.165) is 60.3 Å². The first-order chi connectivity index (χ1) is 16.1. The Bertz CT molecular complexity index is 1270. The Kier molecular flexibility index (Phi) is 5.96. The van der Waals surface area contributed by atoms with E-state index >= 15 is 0 Å². The number of carbonyl (C=O) groups excluding carboxylic acids is 1. The Morgan fingerprint density at radius 1 is 1.09 bits per heavy atom. The Morgan fingerprint density at radius 2 is 1.88 bits per heavy atom. The lowest BCUT2D eigenvalue weighted by Crippen LogP contribution is -2.32. The fourth-order valence-corrected chi connectivity index (χ4v) is 4.50. The molecule has 0 atom stereocenters. The summed E-state index contributed by atoms with van der Waals surface area (Å²) in [6.07, 6.45) is 6.64. The van der Waals surface area contributed by atoms with Gasteiger partial charge in [-0.3, -0.25) is 9.48 Å². The first-order valence-electron chi connectivity index (χ1n) is 11.5. The van der Waals surface area contributed by atoms with Crippen LogP contribution in [0.4, 0.5) is 0 Å². The molecule has 4 aromatic rings. The number of hydrogen-bond donors (Lipinski definition) is 1. The number of nitrogens with one attached hydrogen (secondary N) is 1. The molecule has 170 valence electrons. The van der Waals surface area contributed by atoms with Crippen molar-refractivity contribution in [3.05, 3.63) is 71.7 Å². The maximum absolute atomic E-state index is 12.9. The summed E-state index contributed by atoms with van der Waals surface area (Å²) in [6, 6.07) is 14.4. The summed E-state index contributed by atoms with van der Waals surface area (Å²) in [5.74, 6) is 0.360. The molecule has 0 bridgehead atoms. The van der Waals surface area contributed by atoms with Gasteiger partial charge in [-0.15, -0.1) is 0 Å². The Morgan fingerprint density at radius 3 is 2.61 bits per heavy atom. The van der Waals surface area contributed by atoms with E-state index in [1.165, 1.54) is 5.56 Å². The van der Waals surface area contributed by atoms with Crippen molar-refractivity contribution in [1.82, 2.24) is 24.6 Å². The minimum Gasteiger partial charge on any atom is -0.381 e. The van der Waals surface area contributed by atoms with E-state index in [1.807, 2.05) is 44.7 Å². The van der Waals surface area contributed by atoms with Crippen LogP contribution >= 0.6 is 0 Å². The third-order valence-corrected chi connectivity index (χ3v) is 6.39. The van der Waals surface area contributed by atoms with E-state index in [2.05, 4.69) is 44.2 Å². The molecule has 4 heterocycles. The van der Waals surface area contributed by atoms with E-state index in [4.69, 9.17) is 4.74 Å². The van der Waals surface area contributed by atoms with Crippen molar-refractivity contribution < 1.29 is 9.53 Å². The van der Waals surface area contributed by atoms with Gasteiger partial charge in [-0.25, -0.2) is 4.98 Å². The van der Waals surface area contributed by atoms with Crippen molar-refractivity contribution in [1.29, 1.82) is 0 Å². The number of aryl methyl sites for hydroxylation is 2. The minimum atomic E-state index is -0.112. The van der Waals surface area contributed by atoms with E-state index in [0.29, 0.717) is 18.2 Å². The Balaban J connectivity index is 1.37. The summed E-state index contributed by atoms with van der Waals surface area (Å²) in [5.41, 5.74) is 6.70. The van der Waals surface area contributed by atoms with E-state index in [9.17, 15) is 4.79 Å². The largest absolute Gasteiger partial charge is 0.381 e. The molecule has 1 N–H and O–H groups in total. The average Bonchev–Trinajstić information content (AvgIpc) is 3.44. The van der Waals surface area contributed by atoms with E-state index < -0.39 is 0 Å². The number of amides is 1. The predicted molar refractivity (Wildman–Crippen MR) is 128 cm³/mol. The predicted octanol–water partition coefficient (Wildman–Crippen LogP) is 3.72. The topological polar surface area (TPSA) is 74.0 Å². The summed E-state index contributed by atoms with van der Waals surface area (Å²) >= 11 is 0. The highest BCUT2D eigenvalue weighted by Crippen LogP contribution is 2.24. The molecule has 1 fully saturated rings. The van der Waals surface area contributed by atoms with Crippen LogP contribution in [0.5, 0.6) is 0 Å². The molecule has 1 aliphatic rings. The molecule has 0 saturated carbocycles. The van der Waals surface area contributed by atoms with Gasteiger partial charge in [0.1, 0.15) is 5.69 Å². The van der Waals surface area contributed by atoms with Crippen molar-refractivity contribution in [3.63, 3.8) is 0 Å². The minimum absolute atomic E-state index is 0.112. The second-order valence-corrected chi connectivity index (χ2v) is 8.84. The van der Waals surface area contributed by atoms with Gasteiger partial charge >= 0.3 is 0 Å². The first-order valence-corrected chi connectivity index (χ1v) is 11.5. The van der Waals surface area contributed by atoms with E-state index in [1.54, 1.807) is 4.68 Å². The second-order valence-electron chi connectivity index (χ2n) is 8.84. The van der Waals surface area contributed by atoms with Gasteiger partial charge in [0.15, 0.2) is 0 Å². The van der Waals surface area contributed by atoms with Crippen LogP contribution in [0.15, 0.2) is 54.9 Å². The highest BCUT2D eigenvalue weighted by molar-refractivity contribution is 5.95. The van der Waals surface area contributed by atoms with Gasteiger partial charge in [0.2, 0.25) is 0 Å². The van der Waals surface area contributed by atoms with Crippen LogP contribution in [0.3, 0.4) is 0 Å². The highest BCUT2D eigenvalue weighted by atomic mass is 16.5. The summed E-state index contributed by atoms with van der Waals surface area (Å²) in [4.78, 5) is 17.6. The quantitative estimate of drug-likeness (QED) is 0.493. The molecular formula is C26H29N5O2. The first kappa shape index (κ1) is 21.4. The zero-order valence-corrected chi connectivity index (χ0v) is 19.1.